The molecule has 0 aliphatic carbocycles. The van der Waals surface area contributed by atoms with Crippen LogP contribution in [0.5, 0.6) is 0 Å². The van der Waals surface area contributed by atoms with Gasteiger partial charge < -0.3 is 5.11 Å². The Morgan fingerprint density at radius 3 is 1.95 bits per heavy atom. The molecule has 1 aromatic rings. The molecule has 108 valence electrons. The molecule has 0 aromatic heterocycles. The van der Waals surface area contributed by atoms with Gasteiger partial charge in [-0.1, -0.05) is 46.4 Å². The Bertz CT molecular complexity index is 452. The molecule has 0 spiro atoms. The lowest BCUT2D eigenvalue weighted by molar-refractivity contribution is -0.138. The fourth-order valence-corrected chi connectivity index (χ4v) is 2.96. The average molecular weight is 387 g/mol. The highest BCUT2D eigenvalue weighted by atomic mass is 35.5. The van der Waals surface area contributed by atoms with Gasteiger partial charge in [-0.2, -0.15) is 0 Å². The molecule has 1 aromatic carbocycles. The van der Waals surface area contributed by atoms with Crippen LogP contribution in [0.4, 0.5) is 0 Å². The van der Waals surface area contributed by atoms with E-state index in [1.807, 2.05) is 0 Å². The van der Waals surface area contributed by atoms with Gasteiger partial charge in [0, 0.05) is 16.5 Å². The summed E-state index contributed by atoms with van der Waals surface area (Å²) in [6.07, 6.45) is -0.198. The first-order valence-corrected chi connectivity index (χ1v) is 6.70. The number of hydrogen-bond acceptors (Lipinski definition) is 1. The lowest BCUT2D eigenvalue weighted by Gasteiger charge is -2.28. The highest BCUT2D eigenvalue weighted by Crippen LogP contribution is 2.42. The van der Waals surface area contributed by atoms with Crippen molar-refractivity contribution in [2.24, 2.45) is 0 Å². The molecule has 8 heteroatoms. The molecule has 19 heavy (non-hydrogen) atoms. The summed E-state index contributed by atoms with van der Waals surface area (Å²) in [5, 5.41) is 9.68. The summed E-state index contributed by atoms with van der Waals surface area (Å²) < 4.78 is -1.98. The Hall–Kier alpha value is 0.430. The third kappa shape index (κ3) is 5.37. The molecule has 1 unspecified atom stereocenters. The van der Waals surface area contributed by atoms with E-state index in [4.69, 9.17) is 63.1 Å². The Morgan fingerprint density at radius 2 is 1.58 bits per heavy atom. The fourth-order valence-electron chi connectivity index (χ4n) is 1.45. The van der Waals surface area contributed by atoms with Crippen molar-refractivity contribution in [3.8, 4) is 0 Å². The van der Waals surface area contributed by atoms with Crippen LogP contribution in [0.15, 0.2) is 18.2 Å². The molecule has 0 amide bonds. The van der Waals surface area contributed by atoms with E-state index in [1.165, 1.54) is 0 Å². The van der Waals surface area contributed by atoms with Crippen LogP contribution in [0.25, 0.3) is 0 Å². The summed E-state index contributed by atoms with van der Waals surface area (Å²) in [6, 6.07) is 4.73. The predicted molar refractivity (Wildman–Crippen MR) is 83.6 cm³/mol. The van der Waals surface area contributed by atoms with Crippen molar-refractivity contribution < 1.29 is 9.90 Å². The van der Waals surface area contributed by atoms with E-state index in [0.29, 0.717) is 15.6 Å². The van der Waals surface area contributed by atoms with E-state index in [2.05, 4.69) is 0 Å². The average Bonchev–Trinajstić information content (AvgIpc) is 2.13. The number of alkyl halides is 3. The van der Waals surface area contributed by atoms with Crippen LogP contribution in [0.3, 0.4) is 0 Å². The number of rotatable bonds is 4. The molecule has 1 rings (SSSR count). The van der Waals surface area contributed by atoms with E-state index in [9.17, 15) is 4.79 Å². The molecular formula is C11H10Cl6O2. The number of carbonyl (C=O) groups is 1. The van der Waals surface area contributed by atoms with Gasteiger partial charge in [0.05, 0.1) is 4.87 Å². The normalized spacial score (nSPS) is 14.4. The van der Waals surface area contributed by atoms with Crippen molar-refractivity contribution in [1.29, 1.82) is 0 Å². The largest absolute Gasteiger partial charge is 0.479 e. The zero-order chi connectivity index (χ0) is 14.1. The first-order valence-electron chi connectivity index (χ1n) is 4.81. The van der Waals surface area contributed by atoms with Gasteiger partial charge in [0.15, 0.2) is 0 Å². The van der Waals surface area contributed by atoms with Gasteiger partial charge in [0.1, 0.15) is 0 Å². The third-order valence-electron chi connectivity index (χ3n) is 2.33. The van der Waals surface area contributed by atoms with Gasteiger partial charge in [0.2, 0.25) is 4.33 Å². The maximum atomic E-state index is 10.9. The second kappa shape index (κ2) is 6.93. The van der Waals surface area contributed by atoms with Gasteiger partial charge in [0.25, 0.3) is 0 Å². The Balaban J connectivity index is 0.00000324. The first-order chi connectivity index (χ1) is 8.04. The van der Waals surface area contributed by atoms with Crippen LogP contribution in [0.1, 0.15) is 18.9 Å². The molecular weight excluding hydrogens is 377 g/mol. The molecule has 2 nitrogen and oxygen atoms in total. The predicted octanol–water partition coefficient (Wildman–Crippen LogP) is 5.52. The van der Waals surface area contributed by atoms with E-state index in [1.54, 1.807) is 25.1 Å². The van der Waals surface area contributed by atoms with Crippen molar-refractivity contribution in [1.82, 2.24) is 0 Å². The summed E-state index contributed by atoms with van der Waals surface area (Å²) in [5.74, 6) is -1.36. The quantitative estimate of drug-likeness (QED) is 0.692. The summed E-state index contributed by atoms with van der Waals surface area (Å²) >= 11 is 29.4. The van der Waals surface area contributed by atoms with Crippen LogP contribution < -0.4 is 0 Å². The Morgan fingerprint density at radius 1 is 1.16 bits per heavy atom. The second-order valence-corrected chi connectivity index (χ2v) is 7.23. The van der Waals surface area contributed by atoms with E-state index in [-0.39, 0.29) is 18.8 Å². The zero-order valence-corrected chi connectivity index (χ0v) is 14.2. The number of aliphatic carboxylic acids is 1. The molecule has 0 bridgehead atoms. The summed E-state index contributed by atoms with van der Waals surface area (Å²) in [7, 11) is 0. The molecule has 0 aliphatic rings. The van der Waals surface area contributed by atoms with Gasteiger partial charge in [-0.15, -0.1) is 24.0 Å². The zero-order valence-electron chi connectivity index (χ0n) is 9.59. The van der Waals surface area contributed by atoms with Gasteiger partial charge in [-0.25, -0.2) is 4.79 Å². The van der Waals surface area contributed by atoms with Crippen molar-refractivity contribution >= 4 is 76.4 Å². The van der Waals surface area contributed by atoms with Gasteiger partial charge >= 0.3 is 5.97 Å². The number of hydrogen-bond donors (Lipinski definition) is 1. The molecule has 0 fully saturated rings. The SMILES string of the molecule is CC(Cl)(CC(Cl)(Cl)C(=O)O)c1cc(Cl)cc(Cl)c1.Cl. The Kier molecular flexibility index (Phi) is 7.08. The van der Waals surface area contributed by atoms with E-state index < -0.39 is 15.2 Å². The number of carboxylic acid groups (broad SMARTS) is 1. The van der Waals surface area contributed by atoms with Crippen LogP contribution in [0, 0.1) is 0 Å². The smallest absolute Gasteiger partial charge is 0.340 e. The molecule has 0 saturated carbocycles. The third-order valence-corrected chi connectivity index (χ3v) is 3.71. The summed E-state index contributed by atoms with van der Waals surface area (Å²) in [6.45, 7) is 1.60. The van der Waals surface area contributed by atoms with Gasteiger partial charge in [-0.05, 0) is 30.7 Å². The summed E-state index contributed by atoms with van der Waals surface area (Å²) in [4.78, 5) is 9.79. The topological polar surface area (TPSA) is 37.3 Å². The van der Waals surface area contributed by atoms with E-state index >= 15 is 0 Å². The molecule has 1 N–H and O–H groups in total. The monoisotopic (exact) mass is 384 g/mol. The number of carboxylic acids is 1. The molecule has 0 radical (unpaired) electrons. The Labute approximate surface area is 142 Å². The number of benzene rings is 1. The van der Waals surface area contributed by atoms with Crippen molar-refractivity contribution in [2.45, 2.75) is 22.6 Å². The standard InChI is InChI=1S/C11H9Cl5O2.ClH/c1-10(14,5-11(15,16)9(17)18)6-2-7(12)4-8(13)3-6;/h2-4H,5H2,1H3,(H,17,18);1H. The second-order valence-electron chi connectivity index (χ2n) is 4.04. The maximum Gasteiger partial charge on any atom is 0.340 e. The van der Waals surface area contributed by atoms with Crippen LogP contribution >= 0.6 is 70.4 Å². The fraction of sp³-hybridized carbons (Fsp3) is 0.364. The summed E-state index contributed by atoms with van der Waals surface area (Å²) in [5.41, 5.74) is 0.550. The highest BCUT2D eigenvalue weighted by Gasteiger charge is 2.42. The minimum absolute atomic E-state index is 0. The van der Waals surface area contributed by atoms with Crippen LogP contribution in [-0.4, -0.2) is 15.4 Å². The lowest BCUT2D eigenvalue weighted by Crippen LogP contribution is -2.33. The van der Waals surface area contributed by atoms with E-state index in [0.717, 1.165) is 0 Å². The maximum absolute atomic E-state index is 10.9. The minimum Gasteiger partial charge on any atom is -0.479 e. The highest BCUT2D eigenvalue weighted by molar-refractivity contribution is 6.57. The van der Waals surface area contributed by atoms with Crippen molar-refractivity contribution in [3.63, 3.8) is 0 Å². The number of halogens is 6. The minimum atomic E-state index is -1.98. The first kappa shape index (κ1) is 19.4. The van der Waals surface area contributed by atoms with Gasteiger partial charge in [-0.3, -0.25) is 0 Å². The van der Waals surface area contributed by atoms with Crippen molar-refractivity contribution in [3.05, 3.63) is 33.8 Å². The van der Waals surface area contributed by atoms with Crippen LogP contribution in [0.2, 0.25) is 10.0 Å². The lowest BCUT2D eigenvalue weighted by atomic mass is 9.95. The van der Waals surface area contributed by atoms with Crippen molar-refractivity contribution in [2.75, 3.05) is 0 Å². The molecule has 1 atom stereocenters. The molecule has 0 aliphatic heterocycles. The van der Waals surface area contributed by atoms with Crippen LogP contribution in [-0.2, 0) is 9.67 Å². The molecule has 0 heterocycles. The molecule has 0 saturated heterocycles.